The molecule has 2 aliphatic rings. The average Bonchev–Trinajstić information content (AvgIpc) is 3.66. The number of aromatic hydroxyl groups is 1. The van der Waals surface area contributed by atoms with Gasteiger partial charge in [0, 0.05) is 28.2 Å². The van der Waals surface area contributed by atoms with Gasteiger partial charge < -0.3 is 14.6 Å². The Morgan fingerprint density at radius 2 is 1.22 bits per heavy atom. The second-order valence-electron chi connectivity index (χ2n) is 16.3. The van der Waals surface area contributed by atoms with Crippen LogP contribution in [0.1, 0.15) is 26.3 Å². The van der Waals surface area contributed by atoms with Gasteiger partial charge in [0.15, 0.2) is 0 Å². The molecule has 0 spiro atoms. The van der Waals surface area contributed by atoms with Crippen LogP contribution in [0.15, 0.2) is 170 Å². The van der Waals surface area contributed by atoms with Gasteiger partial charge in [-0.1, -0.05) is 130 Å². The van der Waals surface area contributed by atoms with E-state index in [1.54, 1.807) is 6.07 Å². The highest BCUT2D eigenvalue weighted by Gasteiger charge is 2.42. The highest BCUT2D eigenvalue weighted by atomic mass is 16.5. The van der Waals surface area contributed by atoms with Gasteiger partial charge in [-0.25, -0.2) is 9.97 Å². The van der Waals surface area contributed by atoms with Crippen molar-refractivity contribution in [2.24, 2.45) is 0 Å². The van der Waals surface area contributed by atoms with Crippen LogP contribution in [0.5, 0.6) is 28.7 Å². The molecule has 4 heterocycles. The first-order valence-corrected chi connectivity index (χ1v) is 20.0. The summed E-state index contributed by atoms with van der Waals surface area (Å²) in [6.45, 7) is 6.63. The molecule has 0 radical (unpaired) electrons. The van der Waals surface area contributed by atoms with E-state index in [0.717, 1.165) is 78.4 Å². The minimum Gasteiger partial charge on any atom is -0.507 e. The molecule has 2 aliphatic heterocycles. The molecule has 6 nitrogen and oxygen atoms in total. The van der Waals surface area contributed by atoms with Crippen molar-refractivity contribution in [1.82, 2.24) is 14.5 Å². The summed E-state index contributed by atoms with van der Waals surface area (Å²) in [5.74, 6) is 3.52. The van der Waals surface area contributed by atoms with Crippen LogP contribution < -0.4 is 25.9 Å². The monoisotopic (exact) mass is 763 g/mol. The lowest BCUT2D eigenvalue weighted by Gasteiger charge is -2.34. The Bertz CT molecular complexity index is 3120. The molecular weight excluding hydrogens is 725 g/mol. The Hall–Kier alpha value is -7.38. The minimum absolute atomic E-state index is 0.0249. The quantitative estimate of drug-likeness (QED) is 0.177. The molecule has 0 amide bonds. The van der Waals surface area contributed by atoms with Crippen molar-refractivity contribution in [3.63, 3.8) is 0 Å². The molecule has 0 saturated carbocycles. The minimum atomic E-state index is -0.125. The maximum atomic E-state index is 11.8. The fraction of sp³-hybridized carbons (Fsp3) is 0.0769. The molecule has 0 fully saturated rings. The molecule has 0 unspecified atom stereocenters. The van der Waals surface area contributed by atoms with Gasteiger partial charge in [-0.3, -0.25) is 4.57 Å². The molecule has 59 heavy (non-hydrogen) atoms. The van der Waals surface area contributed by atoms with Gasteiger partial charge in [-0.2, -0.15) is 0 Å². The van der Waals surface area contributed by atoms with E-state index in [1.807, 2.05) is 60.7 Å². The highest BCUT2D eigenvalue weighted by Crippen LogP contribution is 2.46. The van der Waals surface area contributed by atoms with Crippen molar-refractivity contribution in [2.45, 2.75) is 26.2 Å². The zero-order chi connectivity index (χ0) is 39.8. The smallest absolute Gasteiger partial charge is 0.260 e. The molecule has 0 atom stereocenters. The average molecular weight is 764 g/mol. The standard InChI is InChI=1S/C52H38BN3O3/c1-52(2,3)35-27-28-42(36(30-35)32-15-5-4-6-16-32)56-43-24-10-9-21-40(43)55-51(56)34-18-13-17-33(29-34)39-22-14-23-41(54-39)48-44(57)31-47-49-50(48)59-46-26-12-8-20-38(46)53(49)37-19-7-11-25-45(37)58-47/h4-31,57H,1-3H3. The van der Waals surface area contributed by atoms with Crippen LogP contribution in [0.2, 0.25) is 0 Å². The molecule has 0 aliphatic carbocycles. The van der Waals surface area contributed by atoms with Gasteiger partial charge in [0.25, 0.3) is 6.71 Å². The lowest BCUT2D eigenvalue weighted by atomic mass is 9.34. The van der Waals surface area contributed by atoms with Gasteiger partial charge in [-0.15, -0.1) is 0 Å². The van der Waals surface area contributed by atoms with Gasteiger partial charge in [0.05, 0.1) is 33.7 Å². The van der Waals surface area contributed by atoms with Gasteiger partial charge in [-0.05, 0) is 82.1 Å². The Kier molecular flexibility index (Phi) is 7.89. The molecule has 9 aromatic rings. The van der Waals surface area contributed by atoms with Crippen LogP contribution >= 0.6 is 0 Å². The van der Waals surface area contributed by atoms with Crippen molar-refractivity contribution in [3.05, 3.63) is 175 Å². The second kappa shape index (κ2) is 13.4. The molecule has 7 heteroatoms. The Morgan fingerprint density at radius 3 is 2.02 bits per heavy atom. The van der Waals surface area contributed by atoms with E-state index in [9.17, 15) is 5.11 Å². The predicted octanol–water partition coefficient (Wildman–Crippen LogP) is 10.8. The maximum absolute atomic E-state index is 11.8. The van der Waals surface area contributed by atoms with Crippen molar-refractivity contribution < 1.29 is 14.6 Å². The summed E-state index contributed by atoms with van der Waals surface area (Å²) in [5.41, 5.74) is 13.3. The first kappa shape index (κ1) is 34.8. The van der Waals surface area contributed by atoms with Gasteiger partial charge >= 0.3 is 0 Å². The summed E-state index contributed by atoms with van der Waals surface area (Å²) >= 11 is 0. The Morgan fingerprint density at radius 1 is 0.559 bits per heavy atom. The summed E-state index contributed by atoms with van der Waals surface area (Å²) in [7, 11) is 0. The first-order chi connectivity index (χ1) is 28.8. The number of para-hydroxylation sites is 4. The topological polar surface area (TPSA) is 69.4 Å². The Labute approximate surface area is 343 Å². The second-order valence-corrected chi connectivity index (χ2v) is 16.3. The lowest BCUT2D eigenvalue weighted by molar-refractivity contribution is 0.441. The van der Waals surface area contributed by atoms with E-state index in [2.05, 4.69) is 128 Å². The van der Waals surface area contributed by atoms with E-state index in [-0.39, 0.29) is 17.9 Å². The van der Waals surface area contributed by atoms with Crippen LogP contribution in [0, 0.1) is 0 Å². The summed E-state index contributed by atoms with van der Waals surface area (Å²) < 4.78 is 15.4. The number of fused-ring (bicyclic) bond motifs is 5. The zero-order valence-electron chi connectivity index (χ0n) is 32.8. The molecule has 2 aromatic heterocycles. The molecule has 11 rings (SSSR count). The number of hydrogen-bond donors (Lipinski definition) is 1. The third-order valence-corrected chi connectivity index (χ3v) is 11.6. The number of hydrogen-bond acceptors (Lipinski definition) is 5. The highest BCUT2D eigenvalue weighted by molar-refractivity contribution is 6.98. The molecule has 282 valence electrons. The number of benzene rings is 7. The molecular formula is C52H38BN3O3. The fourth-order valence-electron chi connectivity index (χ4n) is 8.74. The number of pyridine rings is 1. The van der Waals surface area contributed by atoms with Crippen LogP contribution in [0.3, 0.4) is 0 Å². The van der Waals surface area contributed by atoms with Gasteiger partial charge in [0.2, 0.25) is 0 Å². The first-order valence-electron chi connectivity index (χ1n) is 20.0. The normalized spacial score (nSPS) is 12.6. The molecule has 1 N–H and O–H groups in total. The number of ether oxygens (including phenoxy) is 2. The van der Waals surface area contributed by atoms with E-state index in [4.69, 9.17) is 19.4 Å². The maximum Gasteiger partial charge on any atom is 0.260 e. The summed E-state index contributed by atoms with van der Waals surface area (Å²) in [4.78, 5) is 10.5. The third-order valence-electron chi connectivity index (χ3n) is 11.6. The number of nitrogens with zero attached hydrogens (tertiary/aromatic N) is 3. The van der Waals surface area contributed by atoms with Crippen molar-refractivity contribution in [3.8, 4) is 79.5 Å². The van der Waals surface area contributed by atoms with E-state index in [1.165, 1.54) is 5.56 Å². The molecule has 7 aromatic carbocycles. The summed E-state index contributed by atoms with van der Waals surface area (Å²) in [5, 5.41) is 11.8. The summed E-state index contributed by atoms with van der Waals surface area (Å²) in [6, 6.07) is 57.9. The summed E-state index contributed by atoms with van der Waals surface area (Å²) in [6.07, 6.45) is 0. The van der Waals surface area contributed by atoms with Crippen LogP contribution in [0.4, 0.5) is 0 Å². The van der Waals surface area contributed by atoms with Crippen molar-refractivity contribution >= 4 is 34.1 Å². The number of rotatable bonds is 5. The van der Waals surface area contributed by atoms with Crippen LogP contribution in [-0.2, 0) is 5.41 Å². The number of phenols is 1. The third kappa shape index (κ3) is 5.72. The largest absolute Gasteiger partial charge is 0.507 e. The van der Waals surface area contributed by atoms with E-state index >= 15 is 0 Å². The Balaban J connectivity index is 1.05. The molecule has 0 bridgehead atoms. The lowest BCUT2D eigenvalue weighted by Crippen LogP contribution is -2.57. The van der Waals surface area contributed by atoms with Crippen LogP contribution in [-0.4, -0.2) is 26.4 Å². The van der Waals surface area contributed by atoms with E-state index in [0.29, 0.717) is 22.8 Å². The van der Waals surface area contributed by atoms with Crippen molar-refractivity contribution in [1.29, 1.82) is 0 Å². The van der Waals surface area contributed by atoms with E-state index < -0.39 is 0 Å². The fourth-order valence-corrected chi connectivity index (χ4v) is 8.74. The predicted molar refractivity (Wildman–Crippen MR) is 239 cm³/mol. The SMILES string of the molecule is CC(C)(C)c1ccc(-n2c(-c3cccc(-c4cccc(-c5c(O)cc6c7c5Oc5ccccc5B7c5ccccc5O6)n4)c3)nc3ccccc32)c(-c2ccccc2)c1. The molecule has 0 saturated heterocycles. The number of phenolic OH excluding ortho intramolecular Hbond substituents is 1. The van der Waals surface area contributed by atoms with Crippen LogP contribution in [0.25, 0.3) is 61.8 Å². The zero-order valence-corrected chi connectivity index (χ0v) is 32.8. The van der Waals surface area contributed by atoms with Crippen molar-refractivity contribution in [2.75, 3.05) is 0 Å². The number of aromatic nitrogens is 3. The number of imidazole rings is 1. The van der Waals surface area contributed by atoms with Gasteiger partial charge in [0.1, 0.15) is 34.6 Å².